The minimum absolute atomic E-state index is 0.0517. The molecule has 0 fully saturated rings. The number of amides is 2. The molecule has 0 aliphatic rings. The van der Waals surface area contributed by atoms with Gasteiger partial charge in [0.1, 0.15) is 18.3 Å². The molecule has 0 spiro atoms. The van der Waals surface area contributed by atoms with Gasteiger partial charge in [-0.15, -0.1) is 11.8 Å². The second kappa shape index (κ2) is 14.9. The van der Waals surface area contributed by atoms with Crippen molar-refractivity contribution in [3.63, 3.8) is 0 Å². The molecule has 2 amide bonds. The zero-order valence-electron chi connectivity index (χ0n) is 24.2. The van der Waals surface area contributed by atoms with Gasteiger partial charge in [-0.25, -0.2) is 8.42 Å². The summed E-state index contributed by atoms with van der Waals surface area (Å²) in [5.41, 5.74) is 1.25. The number of ether oxygens (including phenoxy) is 1. The van der Waals surface area contributed by atoms with Gasteiger partial charge < -0.3 is 15.0 Å². The van der Waals surface area contributed by atoms with Crippen LogP contribution in [-0.4, -0.2) is 63.2 Å². The highest BCUT2D eigenvalue weighted by Gasteiger charge is 2.33. The zero-order chi connectivity index (χ0) is 30.0. The van der Waals surface area contributed by atoms with Crippen LogP contribution in [0, 0.1) is 0 Å². The smallest absolute Gasteiger partial charge is 0.264 e. The Bertz CT molecular complexity index is 1400. The fraction of sp³-hybridized carbons (Fsp3) is 0.355. The van der Waals surface area contributed by atoms with Crippen LogP contribution in [0.2, 0.25) is 0 Å². The lowest BCUT2D eigenvalue weighted by atomic mass is 10.1. The molecular weight excluding hydrogens is 558 g/mol. The summed E-state index contributed by atoms with van der Waals surface area (Å²) < 4.78 is 35.0. The van der Waals surface area contributed by atoms with Crippen molar-refractivity contribution in [2.75, 3.05) is 30.3 Å². The van der Waals surface area contributed by atoms with Crippen LogP contribution < -0.4 is 14.4 Å². The SMILES string of the molecule is CCOc1ccccc1N(CC(=O)N(CCc1ccccc1)C(C)C(=O)NC(C)C)S(=O)(=O)c1ccc(SC)cc1. The molecule has 0 saturated heterocycles. The van der Waals surface area contributed by atoms with Crippen molar-refractivity contribution in [3.8, 4) is 5.75 Å². The van der Waals surface area contributed by atoms with Crippen molar-refractivity contribution in [1.82, 2.24) is 10.2 Å². The summed E-state index contributed by atoms with van der Waals surface area (Å²) in [4.78, 5) is 29.5. The minimum Gasteiger partial charge on any atom is -0.492 e. The van der Waals surface area contributed by atoms with Gasteiger partial charge in [0.05, 0.1) is 17.2 Å². The third-order valence-electron chi connectivity index (χ3n) is 6.44. The summed E-state index contributed by atoms with van der Waals surface area (Å²) in [7, 11) is -4.18. The van der Waals surface area contributed by atoms with Gasteiger partial charge in [0.25, 0.3) is 10.0 Å². The predicted octanol–water partition coefficient (Wildman–Crippen LogP) is 4.99. The first-order valence-corrected chi connectivity index (χ1v) is 16.3. The van der Waals surface area contributed by atoms with Crippen LogP contribution in [-0.2, 0) is 26.0 Å². The highest BCUT2D eigenvalue weighted by Crippen LogP contribution is 2.33. The Labute approximate surface area is 248 Å². The summed E-state index contributed by atoms with van der Waals surface area (Å²) in [6.07, 6.45) is 2.41. The summed E-state index contributed by atoms with van der Waals surface area (Å²) in [6, 6.07) is 22.0. The number of thioether (sulfide) groups is 1. The van der Waals surface area contributed by atoms with Gasteiger partial charge >= 0.3 is 0 Å². The largest absolute Gasteiger partial charge is 0.492 e. The Balaban J connectivity index is 2.03. The third-order valence-corrected chi connectivity index (χ3v) is 8.96. The Morgan fingerprint density at radius 3 is 2.17 bits per heavy atom. The van der Waals surface area contributed by atoms with Crippen molar-refractivity contribution < 1.29 is 22.7 Å². The van der Waals surface area contributed by atoms with E-state index in [1.165, 1.54) is 28.8 Å². The first kappa shape index (κ1) is 32.0. The molecule has 10 heteroatoms. The maximum atomic E-state index is 14.1. The van der Waals surface area contributed by atoms with E-state index in [-0.39, 0.29) is 29.1 Å². The van der Waals surface area contributed by atoms with Crippen LogP contribution in [0.1, 0.15) is 33.3 Å². The lowest BCUT2D eigenvalue weighted by Crippen LogP contribution is -2.53. The summed E-state index contributed by atoms with van der Waals surface area (Å²) in [6.45, 7) is 7.21. The van der Waals surface area contributed by atoms with Gasteiger partial charge in [-0.2, -0.15) is 0 Å². The number of benzene rings is 3. The van der Waals surface area contributed by atoms with Crippen LogP contribution in [0.15, 0.2) is 88.7 Å². The van der Waals surface area contributed by atoms with Crippen molar-refractivity contribution >= 4 is 39.3 Å². The molecule has 0 aliphatic carbocycles. The Morgan fingerprint density at radius 1 is 0.927 bits per heavy atom. The average Bonchev–Trinajstić information content (AvgIpc) is 2.96. The third kappa shape index (κ3) is 8.50. The van der Waals surface area contributed by atoms with E-state index in [1.54, 1.807) is 43.3 Å². The first-order chi connectivity index (χ1) is 19.6. The Morgan fingerprint density at radius 2 is 1.56 bits per heavy atom. The number of carbonyl (C=O) groups is 2. The van der Waals surface area contributed by atoms with Gasteiger partial charge in [-0.3, -0.25) is 13.9 Å². The van der Waals surface area contributed by atoms with Crippen LogP contribution in [0.3, 0.4) is 0 Å². The van der Waals surface area contributed by atoms with Gasteiger partial charge in [0.2, 0.25) is 11.8 Å². The number of sulfonamides is 1. The van der Waals surface area contributed by atoms with E-state index in [9.17, 15) is 18.0 Å². The summed E-state index contributed by atoms with van der Waals surface area (Å²) in [5.74, 6) is -0.463. The highest BCUT2D eigenvalue weighted by molar-refractivity contribution is 7.98. The van der Waals surface area contributed by atoms with Crippen molar-refractivity contribution in [2.45, 2.75) is 56.0 Å². The van der Waals surface area contributed by atoms with E-state index in [4.69, 9.17) is 4.74 Å². The molecule has 220 valence electrons. The molecule has 1 N–H and O–H groups in total. The molecular formula is C31H39N3O5S2. The molecule has 0 radical (unpaired) electrons. The van der Waals surface area contributed by atoms with E-state index in [2.05, 4.69) is 5.32 Å². The number of hydrogen-bond acceptors (Lipinski definition) is 6. The number of nitrogens with one attached hydrogen (secondary N) is 1. The normalized spacial score (nSPS) is 12.0. The second-order valence-corrected chi connectivity index (χ2v) is 12.5. The maximum Gasteiger partial charge on any atom is 0.264 e. The summed E-state index contributed by atoms with van der Waals surface area (Å²) in [5, 5.41) is 2.87. The minimum atomic E-state index is -4.18. The Hall–Kier alpha value is -3.50. The van der Waals surface area contributed by atoms with E-state index in [0.29, 0.717) is 18.8 Å². The highest BCUT2D eigenvalue weighted by atomic mass is 32.2. The Kier molecular flexibility index (Phi) is 11.7. The van der Waals surface area contributed by atoms with Crippen LogP contribution >= 0.6 is 11.8 Å². The molecule has 0 bridgehead atoms. The van der Waals surface area contributed by atoms with Crippen molar-refractivity contribution in [1.29, 1.82) is 0 Å². The van der Waals surface area contributed by atoms with E-state index >= 15 is 0 Å². The molecule has 1 unspecified atom stereocenters. The lowest BCUT2D eigenvalue weighted by molar-refractivity contribution is -0.139. The topological polar surface area (TPSA) is 96.0 Å². The fourth-order valence-corrected chi connectivity index (χ4v) is 6.14. The van der Waals surface area contributed by atoms with Crippen molar-refractivity contribution in [2.24, 2.45) is 0 Å². The molecule has 1 atom stereocenters. The van der Waals surface area contributed by atoms with Crippen LogP contribution in [0.4, 0.5) is 5.69 Å². The van der Waals surface area contributed by atoms with Gasteiger partial charge in [0, 0.05) is 17.5 Å². The molecule has 0 aromatic heterocycles. The molecule has 8 nitrogen and oxygen atoms in total. The molecule has 3 aromatic rings. The standard InChI is InChI=1S/C31H39N3O5S2/c1-6-39-29-15-11-10-14-28(29)34(41(37,38)27-18-16-26(40-5)17-19-27)22-30(35)33(24(4)31(36)32-23(2)3)21-20-25-12-8-7-9-13-25/h7-19,23-24H,6,20-22H2,1-5H3,(H,32,36). The second-order valence-electron chi connectivity index (χ2n) is 9.75. The molecule has 3 rings (SSSR count). The van der Waals surface area contributed by atoms with Crippen LogP contribution in [0.5, 0.6) is 5.75 Å². The van der Waals surface area contributed by atoms with Crippen molar-refractivity contribution in [3.05, 3.63) is 84.4 Å². The average molecular weight is 598 g/mol. The quantitative estimate of drug-likeness (QED) is 0.263. The summed E-state index contributed by atoms with van der Waals surface area (Å²) >= 11 is 1.50. The molecule has 0 aliphatic heterocycles. The van der Waals surface area contributed by atoms with Gasteiger partial charge in [0.15, 0.2) is 0 Å². The monoisotopic (exact) mass is 597 g/mol. The molecule has 0 saturated carbocycles. The van der Waals surface area contributed by atoms with Crippen LogP contribution in [0.25, 0.3) is 0 Å². The number of hydrogen-bond donors (Lipinski definition) is 1. The zero-order valence-corrected chi connectivity index (χ0v) is 25.9. The maximum absolute atomic E-state index is 14.1. The number of para-hydroxylation sites is 2. The number of anilines is 1. The molecule has 0 heterocycles. The van der Waals surface area contributed by atoms with Gasteiger partial charge in [-0.1, -0.05) is 42.5 Å². The number of carbonyl (C=O) groups excluding carboxylic acids is 2. The molecule has 3 aromatic carbocycles. The van der Waals surface area contributed by atoms with E-state index in [1.807, 2.05) is 57.4 Å². The van der Waals surface area contributed by atoms with Gasteiger partial charge in [-0.05, 0) is 82.3 Å². The fourth-order valence-electron chi connectivity index (χ4n) is 4.30. The van der Waals surface area contributed by atoms with E-state index in [0.717, 1.165) is 14.8 Å². The predicted molar refractivity (Wildman–Crippen MR) is 165 cm³/mol. The number of nitrogens with zero attached hydrogens (tertiary/aromatic N) is 2. The lowest BCUT2D eigenvalue weighted by Gasteiger charge is -2.32. The first-order valence-electron chi connectivity index (χ1n) is 13.6. The number of rotatable bonds is 14. The van der Waals surface area contributed by atoms with E-state index < -0.39 is 28.5 Å². The molecule has 41 heavy (non-hydrogen) atoms.